The molecule has 1 N–H and O–H groups in total. The number of benzene rings is 2. The van der Waals surface area contributed by atoms with Crippen molar-refractivity contribution in [1.29, 1.82) is 0 Å². The minimum atomic E-state index is -0.862. The Labute approximate surface area is 170 Å². The number of carbonyl (C=O) groups is 3. The van der Waals surface area contributed by atoms with Gasteiger partial charge in [-0.05, 0) is 36.1 Å². The average Bonchev–Trinajstić information content (AvgIpc) is 3.53. The molecular weight excluding hydrogens is 370 g/mol. The normalized spacial score (nSPS) is 18.8. The molecule has 1 heterocycles. The quantitative estimate of drug-likeness (QED) is 0.492. The molecule has 0 aromatic heterocycles. The van der Waals surface area contributed by atoms with Crippen LogP contribution in [0.25, 0.3) is 10.8 Å². The maximum Gasteiger partial charge on any atom is 0.338 e. The number of ether oxygens (including phenoxy) is 2. The van der Waals surface area contributed by atoms with Crippen molar-refractivity contribution in [3.05, 3.63) is 48.0 Å². The van der Waals surface area contributed by atoms with Crippen molar-refractivity contribution in [2.45, 2.75) is 57.8 Å². The Morgan fingerprint density at radius 1 is 1.07 bits per heavy atom. The van der Waals surface area contributed by atoms with Gasteiger partial charge < -0.3 is 14.8 Å². The van der Waals surface area contributed by atoms with E-state index in [9.17, 15) is 14.4 Å². The predicted octanol–water partition coefficient (Wildman–Crippen LogP) is 2.96. The SMILES string of the molecule is CCC[C@H](NC(=O)[C@@H]1O[C@H]1C(=O)OCC)C(=O)CCc1cccc2ccccc12. The number of epoxide rings is 1. The maximum atomic E-state index is 12.8. The van der Waals surface area contributed by atoms with Gasteiger partial charge in [-0.15, -0.1) is 0 Å². The lowest BCUT2D eigenvalue weighted by Gasteiger charge is -2.17. The molecule has 3 rings (SSSR count). The van der Waals surface area contributed by atoms with Gasteiger partial charge in [-0.3, -0.25) is 9.59 Å². The second kappa shape index (κ2) is 9.65. The van der Waals surface area contributed by atoms with E-state index in [-0.39, 0.29) is 12.4 Å². The third kappa shape index (κ3) is 5.21. The van der Waals surface area contributed by atoms with Gasteiger partial charge in [0.1, 0.15) is 0 Å². The van der Waals surface area contributed by atoms with Crippen molar-refractivity contribution in [2.24, 2.45) is 0 Å². The zero-order valence-electron chi connectivity index (χ0n) is 16.9. The highest BCUT2D eigenvalue weighted by molar-refractivity contribution is 5.96. The Hall–Kier alpha value is -2.73. The number of fused-ring (bicyclic) bond motifs is 1. The highest BCUT2D eigenvalue weighted by Crippen LogP contribution is 2.24. The fourth-order valence-corrected chi connectivity index (χ4v) is 3.51. The van der Waals surface area contributed by atoms with Gasteiger partial charge in [-0.25, -0.2) is 4.79 Å². The van der Waals surface area contributed by atoms with Crippen molar-refractivity contribution < 1.29 is 23.9 Å². The Balaban J connectivity index is 1.58. The van der Waals surface area contributed by atoms with Crippen LogP contribution < -0.4 is 5.32 Å². The van der Waals surface area contributed by atoms with Gasteiger partial charge in [-0.2, -0.15) is 0 Å². The molecule has 0 bridgehead atoms. The van der Waals surface area contributed by atoms with Crippen molar-refractivity contribution >= 4 is 28.4 Å². The summed E-state index contributed by atoms with van der Waals surface area (Å²) in [5.74, 6) is -0.983. The highest BCUT2D eigenvalue weighted by atomic mass is 16.6. The topological polar surface area (TPSA) is 85.0 Å². The monoisotopic (exact) mass is 397 g/mol. The minimum Gasteiger partial charge on any atom is -0.464 e. The highest BCUT2D eigenvalue weighted by Gasteiger charge is 2.52. The number of esters is 1. The van der Waals surface area contributed by atoms with Crippen LogP contribution in [-0.2, 0) is 30.3 Å². The van der Waals surface area contributed by atoms with Gasteiger partial charge in [0.15, 0.2) is 18.0 Å². The van der Waals surface area contributed by atoms with Gasteiger partial charge in [0.05, 0.1) is 12.6 Å². The number of aryl methyl sites for hydroxylation is 1. The largest absolute Gasteiger partial charge is 0.464 e. The van der Waals surface area contributed by atoms with Gasteiger partial charge in [0.2, 0.25) is 0 Å². The first-order chi connectivity index (χ1) is 14.0. The van der Waals surface area contributed by atoms with Crippen LogP contribution in [0.5, 0.6) is 0 Å². The lowest BCUT2D eigenvalue weighted by molar-refractivity contribution is -0.144. The van der Waals surface area contributed by atoms with Crippen molar-refractivity contribution in [2.75, 3.05) is 6.61 Å². The van der Waals surface area contributed by atoms with Crippen LogP contribution >= 0.6 is 0 Å². The third-order valence-electron chi connectivity index (χ3n) is 5.07. The number of carbonyl (C=O) groups excluding carboxylic acids is 3. The van der Waals surface area contributed by atoms with Crippen molar-refractivity contribution in [3.8, 4) is 0 Å². The van der Waals surface area contributed by atoms with Crippen LogP contribution in [0.1, 0.15) is 38.7 Å². The zero-order valence-corrected chi connectivity index (χ0v) is 16.9. The first-order valence-electron chi connectivity index (χ1n) is 10.2. The van der Waals surface area contributed by atoms with Crippen molar-refractivity contribution in [3.63, 3.8) is 0 Å². The zero-order chi connectivity index (χ0) is 20.8. The molecule has 29 heavy (non-hydrogen) atoms. The number of rotatable bonds is 10. The number of Topliss-reactive ketones (excluding diaryl/α,β-unsaturated/α-hetero) is 1. The van der Waals surface area contributed by atoms with Crippen LogP contribution in [0.4, 0.5) is 0 Å². The second-order valence-corrected chi connectivity index (χ2v) is 7.18. The molecule has 0 radical (unpaired) electrons. The summed E-state index contributed by atoms with van der Waals surface area (Å²) in [7, 11) is 0. The molecular formula is C23H27NO5. The maximum absolute atomic E-state index is 12.8. The van der Waals surface area contributed by atoms with Gasteiger partial charge in [0.25, 0.3) is 5.91 Å². The van der Waals surface area contributed by atoms with Crippen LogP contribution in [0.2, 0.25) is 0 Å². The molecule has 1 aliphatic heterocycles. The number of hydrogen-bond donors (Lipinski definition) is 1. The van der Waals surface area contributed by atoms with Gasteiger partial charge in [-0.1, -0.05) is 55.8 Å². The second-order valence-electron chi connectivity index (χ2n) is 7.18. The van der Waals surface area contributed by atoms with E-state index < -0.39 is 30.1 Å². The molecule has 0 spiro atoms. The van der Waals surface area contributed by atoms with E-state index >= 15 is 0 Å². The number of hydrogen-bond acceptors (Lipinski definition) is 5. The lowest BCUT2D eigenvalue weighted by Crippen LogP contribution is -2.43. The van der Waals surface area contributed by atoms with E-state index in [1.807, 2.05) is 31.2 Å². The number of nitrogens with one attached hydrogen (secondary N) is 1. The van der Waals surface area contributed by atoms with Gasteiger partial charge in [0, 0.05) is 6.42 Å². The molecule has 0 saturated carbocycles. The average molecular weight is 397 g/mol. The molecule has 3 atom stereocenters. The fourth-order valence-electron chi connectivity index (χ4n) is 3.51. The fraction of sp³-hybridized carbons (Fsp3) is 0.435. The summed E-state index contributed by atoms with van der Waals surface area (Å²) in [5.41, 5.74) is 1.12. The van der Waals surface area contributed by atoms with E-state index in [4.69, 9.17) is 9.47 Å². The summed E-state index contributed by atoms with van der Waals surface area (Å²) in [4.78, 5) is 36.8. The Morgan fingerprint density at radius 2 is 1.83 bits per heavy atom. The number of amides is 1. The molecule has 1 saturated heterocycles. The minimum absolute atomic E-state index is 0.0125. The van der Waals surface area contributed by atoms with Crippen molar-refractivity contribution in [1.82, 2.24) is 5.32 Å². The number of ketones is 1. The summed E-state index contributed by atoms with van der Waals surface area (Å²) in [6.07, 6.45) is 0.546. The van der Waals surface area contributed by atoms with Crippen LogP contribution in [0.3, 0.4) is 0 Å². The molecule has 6 nitrogen and oxygen atoms in total. The first kappa shape index (κ1) is 21.0. The summed E-state index contributed by atoms with van der Waals surface area (Å²) >= 11 is 0. The summed E-state index contributed by atoms with van der Waals surface area (Å²) in [6, 6.07) is 13.6. The molecule has 2 aromatic carbocycles. The Kier molecular flexibility index (Phi) is 6.99. The van der Waals surface area contributed by atoms with E-state index in [0.717, 1.165) is 22.8 Å². The van der Waals surface area contributed by atoms with E-state index in [1.54, 1.807) is 6.92 Å². The van der Waals surface area contributed by atoms with E-state index in [2.05, 4.69) is 23.5 Å². The smallest absolute Gasteiger partial charge is 0.338 e. The molecule has 2 aromatic rings. The molecule has 1 amide bonds. The third-order valence-corrected chi connectivity index (χ3v) is 5.07. The summed E-state index contributed by atoms with van der Waals surface area (Å²) in [6.45, 7) is 3.89. The van der Waals surface area contributed by atoms with Crippen LogP contribution in [0.15, 0.2) is 42.5 Å². The van der Waals surface area contributed by atoms with E-state index in [0.29, 0.717) is 19.3 Å². The first-order valence-corrected chi connectivity index (χ1v) is 10.2. The van der Waals surface area contributed by atoms with Gasteiger partial charge >= 0.3 is 5.97 Å². The summed E-state index contributed by atoms with van der Waals surface area (Å²) < 4.78 is 9.99. The lowest BCUT2D eigenvalue weighted by atomic mass is 9.97. The predicted molar refractivity (Wildman–Crippen MR) is 109 cm³/mol. The van der Waals surface area contributed by atoms with E-state index in [1.165, 1.54) is 0 Å². The van der Waals surface area contributed by atoms with Crippen LogP contribution in [0, 0.1) is 0 Å². The standard InChI is InChI=1S/C23H27NO5/c1-3-8-18(24-22(26)20-21(29-20)23(27)28-4-2)19(25)14-13-16-11-7-10-15-9-5-6-12-17(15)16/h5-7,9-12,18,20-21H,3-4,8,13-14H2,1-2H3,(H,24,26)/t18-,20+,21+/m0/s1. The summed E-state index contributed by atoms with van der Waals surface area (Å²) in [5, 5.41) is 5.05. The molecule has 1 aliphatic rings. The van der Waals surface area contributed by atoms with Crippen LogP contribution in [-0.4, -0.2) is 42.5 Å². The molecule has 6 heteroatoms. The molecule has 0 aliphatic carbocycles. The molecule has 154 valence electrons. The Morgan fingerprint density at radius 3 is 2.59 bits per heavy atom. The molecule has 1 fully saturated rings. The Bertz CT molecular complexity index is 888. The molecule has 0 unspecified atom stereocenters.